The van der Waals surface area contributed by atoms with Crippen LogP contribution < -0.4 is 10.0 Å². The highest BCUT2D eigenvalue weighted by atomic mass is 32.2. The number of thioether (sulfide) groups is 1. The van der Waals surface area contributed by atoms with Crippen molar-refractivity contribution in [3.63, 3.8) is 0 Å². The highest BCUT2D eigenvalue weighted by molar-refractivity contribution is 7.99. The second-order valence-electron chi connectivity index (χ2n) is 6.15. The third-order valence-electron chi connectivity index (χ3n) is 4.40. The predicted octanol–water partition coefficient (Wildman–Crippen LogP) is 2.39. The van der Waals surface area contributed by atoms with Crippen molar-refractivity contribution in [1.82, 2.24) is 4.90 Å². The van der Waals surface area contributed by atoms with Crippen LogP contribution in [0.5, 0.6) is 0 Å². The fourth-order valence-corrected chi connectivity index (χ4v) is 4.39. The molecule has 0 amide bonds. The average Bonchev–Trinajstić information content (AvgIpc) is 2.63. The Morgan fingerprint density at radius 3 is 2.27 bits per heavy atom. The number of halogens is 1. The first kappa shape index (κ1) is 19.2. The fraction of sp³-hybridized carbons (Fsp3) is 0.333. The quantitative estimate of drug-likeness (QED) is 0.761. The Bertz CT molecular complexity index is 836. The molecule has 1 aliphatic heterocycles. The SMILES string of the molecule is NS(=O)(=O)c1ccc(N2CCN(CCSc3ccccc3F)CC2)cc1. The summed E-state index contributed by atoms with van der Waals surface area (Å²) in [7, 11) is -3.65. The number of anilines is 1. The summed E-state index contributed by atoms with van der Waals surface area (Å²) < 4.78 is 36.2. The second-order valence-corrected chi connectivity index (χ2v) is 8.84. The van der Waals surface area contributed by atoms with Crippen LogP contribution in [0.15, 0.2) is 58.3 Å². The minimum absolute atomic E-state index is 0.130. The molecule has 1 fully saturated rings. The third kappa shape index (κ3) is 4.97. The summed E-state index contributed by atoms with van der Waals surface area (Å²) in [5.74, 6) is 0.689. The molecule has 0 atom stereocenters. The van der Waals surface area contributed by atoms with Gasteiger partial charge in [0, 0.05) is 49.1 Å². The van der Waals surface area contributed by atoms with Gasteiger partial charge in [-0.15, -0.1) is 11.8 Å². The number of sulfonamides is 1. The zero-order valence-corrected chi connectivity index (χ0v) is 16.0. The van der Waals surface area contributed by atoms with Crippen molar-refractivity contribution in [3.05, 3.63) is 54.3 Å². The molecule has 26 heavy (non-hydrogen) atoms. The van der Waals surface area contributed by atoms with Crippen molar-refractivity contribution < 1.29 is 12.8 Å². The molecule has 0 aliphatic carbocycles. The molecule has 0 bridgehead atoms. The van der Waals surface area contributed by atoms with Crippen molar-refractivity contribution in [2.24, 2.45) is 5.14 Å². The van der Waals surface area contributed by atoms with E-state index in [-0.39, 0.29) is 10.7 Å². The molecule has 1 aliphatic rings. The van der Waals surface area contributed by atoms with E-state index in [2.05, 4.69) is 9.80 Å². The van der Waals surface area contributed by atoms with Gasteiger partial charge in [-0.1, -0.05) is 12.1 Å². The lowest BCUT2D eigenvalue weighted by Gasteiger charge is -2.36. The lowest BCUT2D eigenvalue weighted by Crippen LogP contribution is -2.47. The Hall–Kier alpha value is -1.61. The first-order valence-electron chi connectivity index (χ1n) is 8.41. The molecule has 0 aromatic heterocycles. The van der Waals surface area contributed by atoms with Crippen LogP contribution in [0.1, 0.15) is 0 Å². The van der Waals surface area contributed by atoms with Gasteiger partial charge in [-0.25, -0.2) is 17.9 Å². The van der Waals surface area contributed by atoms with E-state index < -0.39 is 10.0 Å². The van der Waals surface area contributed by atoms with E-state index >= 15 is 0 Å². The number of nitrogens with zero attached hydrogens (tertiary/aromatic N) is 2. The number of nitrogens with two attached hydrogens (primary N) is 1. The normalized spacial score (nSPS) is 16.0. The molecule has 1 saturated heterocycles. The molecule has 3 rings (SSSR count). The lowest BCUT2D eigenvalue weighted by atomic mass is 10.2. The van der Waals surface area contributed by atoms with Crippen LogP contribution in [0, 0.1) is 5.82 Å². The Morgan fingerprint density at radius 1 is 1.00 bits per heavy atom. The lowest BCUT2D eigenvalue weighted by molar-refractivity contribution is 0.273. The van der Waals surface area contributed by atoms with Gasteiger partial charge < -0.3 is 4.90 Å². The molecule has 0 radical (unpaired) electrons. The van der Waals surface area contributed by atoms with Gasteiger partial charge in [-0.3, -0.25) is 4.90 Å². The molecular weight excluding hydrogens is 373 g/mol. The number of primary sulfonamides is 1. The minimum Gasteiger partial charge on any atom is -0.369 e. The Kier molecular flexibility index (Phi) is 6.18. The topological polar surface area (TPSA) is 66.6 Å². The Balaban J connectivity index is 1.46. The molecule has 140 valence electrons. The predicted molar refractivity (Wildman–Crippen MR) is 104 cm³/mol. The maximum absolute atomic E-state index is 13.6. The number of piperazine rings is 1. The molecule has 8 heteroatoms. The monoisotopic (exact) mass is 395 g/mol. The number of rotatable bonds is 6. The van der Waals surface area contributed by atoms with Gasteiger partial charge in [0.05, 0.1) is 4.90 Å². The first-order valence-corrected chi connectivity index (χ1v) is 10.9. The van der Waals surface area contributed by atoms with Crippen molar-refractivity contribution in [1.29, 1.82) is 0 Å². The summed E-state index contributed by atoms with van der Waals surface area (Å²) in [5.41, 5.74) is 0.998. The second kappa shape index (κ2) is 8.39. The van der Waals surface area contributed by atoms with Crippen LogP contribution in [-0.2, 0) is 10.0 Å². The summed E-state index contributed by atoms with van der Waals surface area (Å²) in [6.07, 6.45) is 0. The molecule has 0 saturated carbocycles. The smallest absolute Gasteiger partial charge is 0.238 e. The molecule has 2 aromatic carbocycles. The Labute approximate surface area is 158 Å². The number of hydrogen-bond donors (Lipinski definition) is 1. The summed E-state index contributed by atoms with van der Waals surface area (Å²) >= 11 is 1.54. The zero-order chi connectivity index (χ0) is 18.6. The van der Waals surface area contributed by atoms with E-state index in [0.29, 0.717) is 4.90 Å². The summed E-state index contributed by atoms with van der Waals surface area (Å²) in [5, 5.41) is 5.13. The average molecular weight is 396 g/mol. The van der Waals surface area contributed by atoms with Gasteiger partial charge in [-0.05, 0) is 36.4 Å². The van der Waals surface area contributed by atoms with Gasteiger partial charge in [0.2, 0.25) is 10.0 Å². The fourth-order valence-electron chi connectivity index (χ4n) is 2.92. The highest BCUT2D eigenvalue weighted by Gasteiger charge is 2.17. The minimum atomic E-state index is -3.65. The summed E-state index contributed by atoms with van der Waals surface area (Å²) in [6, 6.07) is 13.5. The van der Waals surface area contributed by atoms with Gasteiger partial charge in [0.1, 0.15) is 5.82 Å². The number of hydrogen-bond acceptors (Lipinski definition) is 5. The molecule has 0 unspecified atom stereocenters. The zero-order valence-electron chi connectivity index (χ0n) is 14.3. The third-order valence-corrected chi connectivity index (χ3v) is 6.36. The standard InChI is InChI=1S/C18H22FN3O2S2/c19-17-3-1-2-4-18(17)25-14-13-21-9-11-22(12-10-21)15-5-7-16(8-6-15)26(20,23)24/h1-8H,9-14H2,(H2,20,23,24). The van der Waals surface area contributed by atoms with E-state index in [9.17, 15) is 12.8 Å². The van der Waals surface area contributed by atoms with Gasteiger partial charge in [0.15, 0.2) is 0 Å². The number of benzene rings is 2. The molecular formula is C18H22FN3O2S2. The van der Waals surface area contributed by atoms with E-state index in [1.807, 2.05) is 12.1 Å². The highest BCUT2D eigenvalue weighted by Crippen LogP contribution is 2.22. The van der Waals surface area contributed by atoms with Gasteiger partial charge in [-0.2, -0.15) is 0 Å². The molecule has 2 aromatic rings. The molecule has 0 spiro atoms. The van der Waals surface area contributed by atoms with Crippen LogP contribution in [0.4, 0.5) is 10.1 Å². The van der Waals surface area contributed by atoms with E-state index in [0.717, 1.165) is 44.2 Å². The van der Waals surface area contributed by atoms with Crippen LogP contribution in [0.2, 0.25) is 0 Å². The maximum Gasteiger partial charge on any atom is 0.238 e. The van der Waals surface area contributed by atoms with Gasteiger partial charge in [0.25, 0.3) is 0 Å². The van der Waals surface area contributed by atoms with Crippen molar-refractivity contribution in [2.45, 2.75) is 9.79 Å². The van der Waals surface area contributed by atoms with Crippen LogP contribution in [0.3, 0.4) is 0 Å². The molecule has 1 heterocycles. The van der Waals surface area contributed by atoms with Crippen LogP contribution in [-0.4, -0.2) is 51.8 Å². The summed E-state index contributed by atoms with van der Waals surface area (Å²) in [4.78, 5) is 5.42. The van der Waals surface area contributed by atoms with Crippen LogP contribution in [0.25, 0.3) is 0 Å². The largest absolute Gasteiger partial charge is 0.369 e. The molecule has 2 N–H and O–H groups in total. The van der Waals surface area contributed by atoms with Gasteiger partial charge >= 0.3 is 0 Å². The van der Waals surface area contributed by atoms with Crippen LogP contribution >= 0.6 is 11.8 Å². The van der Waals surface area contributed by atoms with Crippen molar-refractivity contribution in [2.75, 3.05) is 43.4 Å². The van der Waals surface area contributed by atoms with E-state index in [1.54, 1.807) is 42.1 Å². The van der Waals surface area contributed by atoms with Crippen molar-refractivity contribution >= 4 is 27.5 Å². The first-order chi connectivity index (χ1) is 12.4. The van der Waals surface area contributed by atoms with E-state index in [4.69, 9.17) is 5.14 Å². The molecule has 5 nitrogen and oxygen atoms in total. The maximum atomic E-state index is 13.6. The Morgan fingerprint density at radius 2 is 1.65 bits per heavy atom. The van der Waals surface area contributed by atoms with Crippen molar-refractivity contribution in [3.8, 4) is 0 Å². The summed E-state index contributed by atoms with van der Waals surface area (Å²) in [6.45, 7) is 4.51. The van der Waals surface area contributed by atoms with E-state index in [1.165, 1.54) is 6.07 Å².